The monoisotopic (exact) mass is 295 g/mol. The van der Waals surface area contributed by atoms with Gasteiger partial charge in [-0.2, -0.15) is 0 Å². The third-order valence-corrected chi connectivity index (χ3v) is 3.48. The molecule has 0 fully saturated rings. The first kappa shape index (κ1) is 14.2. The summed E-state index contributed by atoms with van der Waals surface area (Å²) in [4.78, 5) is 12.0. The quantitative estimate of drug-likeness (QED) is 0.879. The lowest BCUT2D eigenvalue weighted by Gasteiger charge is -2.04. The van der Waals surface area contributed by atoms with Crippen LogP contribution in [-0.2, 0) is 4.79 Å². The number of amides is 1. The van der Waals surface area contributed by atoms with Crippen molar-refractivity contribution in [1.82, 2.24) is 0 Å². The second-order valence-electron chi connectivity index (χ2n) is 5.25. The predicted octanol–water partition coefficient (Wildman–Crippen LogP) is 3.68. The van der Waals surface area contributed by atoms with Crippen molar-refractivity contribution >= 4 is 17.7 Å². The average molecular weight is 295 g/mol. The highest BCUT2D eigenvalue weighted by atomic mass is 16.7. The van der Waals surface area contributed by atoms with Crippen LogP contribution in [0.3, 0.4) is 0 Å². The summed E-state index contributed by atoms with van der Waals surface area (Å²) >= 11 is 0. The van der Waals surface area contributed by atoms with E-state index in [9.17, 15) is 4.79 Å². The molecule has 0 aromatic heterocycles. The largest absolute Gasteiger partial charge is 0.454 e. The van der Waals surface area contributed by atoms with Crippen LogP contribution in [0.4, 0.5) is 5.69 Å². The van der Waals surface area contributed by atoms with E-state index in [0.29, 0.717) is 17.2 Å². The minimum atomic E-state index is -0.182. The number of carbonyl (C=O) groups is 1. The Hall–Kier alpha value is -2.75. The number of benzene rings is 2. The molecule has 1 aliphatic heterocycles. The maximum Gasteiger partial charge on any atom is 0.248 e. The second kappa shape index (κ2) is 5.93. The smallest absolute Gasteiger partial charge is 0.248 e. The van der Waals surface area contributed by atoms with Gasteiger partial charge in [-0.1, -0.05) is 23.8 Å². The van der Waals surface area contributed by atoms with Crippen LogP contribution in [0, 0.1) is 13.8 Å². The van der Waals surface area contributed by atoms with Gasteiger partial charge in [0.1, 0.15) is 0 Å². The minimum absolute atomic E-state index is 0.182. The molecule has 0 radical (unpaired) electrons. The molecule has 1 aliphatic rings. The van der Waals surface area contributed by atoms with Crippen molar-refractivity contribution in [3.63, 3.8) is 0 Å². The van der Waals surface area contributed by atoms with Crippen molar-refractivity contribution in [3.8, 4) is 11.5 Å². The van der Waals surface area contributed by atoms with Crippen molar-refractivity contribution < 1.29 is 14.3 Å². The van der Waals surface area contributed by atoms with Gasteiger partial charge in [0.25, 0.3) is 0 Å². The summed E-state index contributed by atoms with van der Waals surface area (Å²) in [5.41, 5.74) is 4.07. The molecule has 112 valence electrons. The number of aryl methyl sites for hydroxylation is 2. The fourth-order valence-electron chi connectivity index (χ4n) is 2.34. The summed E-state index contributed by atoms with van der Waals surface area (Å²) in [5.74, 6) is 1.17. The zero-order chi connectivity index (χ0) is 15.5. The summed E-state index contributed by atoms with van der Waals surface area (Å²) in [5, 5.41) is 2.81. The maximum atomic E-state index is 12.0. The van der Waals surface area contributed by atoms with Gasteiger partial charge in [0.05, 0.1) is 0 Å². The molecule has 2 aromatic carbocycles. The van der Waals surface area contributed by atoms with Gasteiger partial charge in [-0.3, -0.25) is 4.79 Å². The van der Waals surface area contributed by atoms with E-state index in [2.05, 4.69) is 11.4 Å². The highest BCUT2D eigenvalue weighted by molar-refractivity contribution is 6.02. The summed E-state index contributed by atoms with van der Waals surface area (Å²) in [6, 6.07) is 11.5. The lowest BCUT2D eigenvalue weighted by atomic mass is 10.1. The normalized spacial score (nSPS) is 12.6. The number of fused-ring (bicyclic) bond motifs is 1. The van der Waals surface area contributed by atoms with E-state index in [4.69, 9.17) is 9.47 Å². The standard InChI is InChI=1S/C18H17NO3/c1-12-3-4-14(13(2)9-12)5-8-18(20)19-15-6-7-16-17(10-15)22-11-21-16/h3-10H,11H2,1-2H3,(H,19,20)/b8-5-. The molecule has 0 saturated heterocycles. The number of hydrogen-bond donors (Lipinski definition) is 1. The molecular weight excluding hydrogens is 278 g/mol. The van der Waals surface area contributed by atoms with Gasteiger partial charge in [0.2, 0.25) is 12.7 Å². The van der Waals surface area contributed by atoms with Gasteiger partial charge < -0.3 is 14.8 Å². The van der Waals surface area contributed by atoms with Crippen LogP contribution in [0.15, 0.2) is 42.5 Å². The van der Waals surface area contributed by atoms with Crippen LogP contribution >= 0.6 is 0 Å². The summed E-state index contributed by atoms with van der Waals surface area (Å²) in [6.45, 7) is 4.30. The Kier molecular flexibility index (Phi) is 3.83. The molecule has 2 aromatic rings. The number of nitrogens with one attached hydrogen (secondary N) is 1. The highest BCUT2D eigenvalue weighted by Gasteiger charge is 2.13. The molecule has 4 heteroatoms. The van der Waals surface area contributed by atoms with Crippen LogP contribution in [-0.4, -0.2) is 12.7 Å². The molecule has 0 unspecified atom stereocenters. The van der Waals surface area contributed by atoms with E-state index in [1.807, 2.05) is 32.1 Å². The third kappa shape index (κ3) is 3.11. The molecule has 0 atom stereocenters. The van der Waals surface area contributed by atoms with Crippen molar-refractivity contribution in [2.45, 2.75) is 13.8 Å². The van der Waals surface area contributed by atoms with Crippen LogP contribution < -0.4 is 14.8 Å². The Morgan fingerprint density at radius 2 is 1.91 bits per heavy atom. The number of ether oxygens (including phenoxy) is 2. The van der Waals surface area contributed by atoms with Crippen molar-refractivity contribution in [2.24, 2.45) is 0 Å². The Labute approximate surface area is 129 Å². The Morgan fingerprint density at radius 3 is 2.73 bits per heavy atom. The van der Waals surface area contributed by atoms with Gasteiger partial charge in [-0.15, -0.1) is 0 Å². The molecule has 1 amide bonds. The topological polar surface area (TPSA) is 47.6 Å². The number of carbonyl (C=O) groups excluding carboxylic acids is 1. The van der Waals surface area contributed by atoms with E-state index in [1.165, 1.54) is 11.6 Å². The molecule has 1 heterocycles. The predicted molar refractivity (Wildman–Crippen MR) is 86.1 cm³/mol. The average Bonchev–Trinajstić information content (AvgIpc) is 2.94. The molecule has 1 N–H and O–H groups in total. The highest BCUT2D eigenvalue weighted by Crippen LogP contribution is 2.34. The molecule has 0 bridgehead atoms. The van der Waals surface area contributed by atoms with Crippen LogP contribution in [0.25, 0.3) is 6.08 Å². The van der Waals surface area contributed by atoms with E-state index < -0.39 is 0 Å². The zero-order valence-corrected chi connectivity index (χ0v) is 12.6. The Morgan fingerprint density at radius 1 is 1.09 bits per heavy atom. The van der Waals surface area contributed by atoms with E-state index in [0.717, 1.165) is 11.1 Å². The number of anilines is 1. The van der Waals surface area contributed by atoms with Gasteiger partial charge in [-0.25, -0.2) is 0 Å². The van der Waals surface area contributed by atoms with Crippen molar-refractivity contribution in [1.29, 1.82) is 0 Å². The molecular formula is C18H17NO3. The van der Waals surface area contributed by atoms with Gasteiger partial charge >= 0.3 is 0 Å². The minimum Gasteiger partial charge on any atom is -0.454 e. The lowest BCUT2D eigenvalue weighted by molar-refractivity contribution is -0.111. The van der Waals surface area contributed by atoms with E-state index >= 15 is 0 Å². The van der Waals surface area contributed by atoms with Gasteiger partial charge in [-0.05, 0) is 43.2 Å². The second-order valence-corrected chi connectivity index (χ2v) is 5.25. The van der Waals surface area contributed by atoms with Crippen LogP contribution in [0.5, 0.6) is 11.5 Å². The Bertz CT molecular complexity index is 750. The Balaban J connectivity index is 1.68. The fraction of sp³-hybridized carbons (Fsp3) is 0.167. The van der Waals surface area contributed by atoms with Gasteiger partial charge in [0, 0.05) is 17.8 Å². The first-order valence-electron chi connectivity index (χ1n) is 7.08. The van der Waals surface area contributed by atoms with Crippen molar-refractivity contribution in [3.05, 3.63) is 59.2 Å². The first-order valence-corrected chi connectivity index (χ1v) is 7.08. The maximum absolute atomic E-state index is 12.0. The lowest BCUT2D eigenvalue weighted by Crippen LogP contribution is -2.07. The molecule has 4 nitrogen and oxygen atoms in total. The van der Waals surface area contributed by atoms with Gasteiger partial charge in [0.15, 0.2) is 11.5 Å². The SMILES string of the molecule is Cc1ccc(/C=C\C(=O)Nc2ccc3c(c2)OCO3)c(C)c1. The number of hydrogen-bond acceptors (Lipinski definition) is 3. The molecule has 0 saturated carbocycles. The summed E-state index contributed by atoms with van der Waals surface area (Å²) in [6.07, 6.45) is 3.35. The molecule has 3 rings (SSSR count). The number of rotatable bonds is 3. The fourth-order valence-corrected chi connectivity index (χ4v) is 2.34. The van der Waals surface area contributed by atoms with E-state index in [-0.39, 0.29) is 12.7 Å². The molecule has 0 aliphatic carbocycles. The molecule has 22 heavy (non-hydrogen) atoms. The third-order valence-electron chi connectivity index (χ3n) is 3.48. The zero-order valence-electron chi connectivity index (χ0n) is 12.6. The summed E-state index contributed by atoms with van der Waals surface area (Å²) < 4.78 is 10.5. The molecule has 0 spiro atoms. The van der Waals surface area contributed by atoms with E-state index in [1.54, 1.807) is 18.2 Å². The van der Waals surface area contributed by atoms with Crippen molar-refractivity contribution in [2.75, 3.05) is 12.1 Å². The van der Waals surface area contributed by atoms with Crippen LogP contribution in [0.1, 0.15) is 16.7 Å². The summed E-state index contributed by atoms with van der Waals surface area (Å²) in [7, 11) is 0. The van der Waals surface area contributed by atoms with Crippen LogP contribution in [0.2, 0.25) is 0 Å². The first-order chi connectivity index (χ1) is 10.6.